The van der Waals surface area contributed by atoms with Crippen LogP contribution < -0.4 is 0 Å². The molecule has 0 aliphatic carbocycles. The summed E-state index contributed by atoms with van der Waals surface area (Å²) in [6, 6.07) is 0.853. The molecule has 0 saturated heterocycles. The Labute approximate surface area is 74.7 Å². The largest absolute Gasteiger partial charge is 0.506 e. The minimum atomic E-state index is -1.25. The minimum Gasteiger partial charge on any atom is -0.450 e. The molecule has 12 heavy (non-hydrogen) atoms. The minimum absolute atomic E-state index is 0.531. The zero-order valence-electron chi connectivity index (χ0n) is 8.47. The Balaban J connectivity index is 4.13. The molecule has 1 N–H and O–H groups in total. The molecule has 3 nitrogen and oxygen atoms in total. The topological polar surface area (TPSA) is 46.5 Å². The smallest absolute Gasteiger partial charge is 0.450 e. The number of hydrogen-bond donors (Lipinski definition) is 1. The zero-order valence-corrected chi connectivity index (χ0v) is 9.47. The Bertz CT molecular complexity index is 170. The molecule has 72 valence electrons. The van der Waals surface area contributed by atoms with Gasteiger partial charge in [-0.3, -0.25) is 0 Å². The van der Waals surface area contributed by atoms with Crippen molar-refractivity contribution in [1.82, 2.24) is 0 Å². The van der Waals surface area contributed by atoms with Crippen molar-refractivity contribution in [1.29, 1.82) is 0 Å². The van der Waals surface area contributed by atoms with Crippen LogP contribution in [0.5, 0.6) is 0 Å². The van der Waals surface area contributed by atoms with Gasteiger partial charge in [0.05, 0.1) is 0 Å². The molecule has 4 heteroatoms. The van der Waals surface area contributed by atoms with Crippen molar-refractivity contribution >= 4 is 14.2 Å². The van der Waals surface area contributed by atoms with Gasteiger partial charge >= 0.3 is 6.16 Å². The van der Waals surface area contributed by atoms with E-state index in [-0.39, 0.29) is 0 Å². The highest BCUT2D eigenvalue weighted by atomic mass is 28.3. The van der Waals surface area contributed by atoms with Gasteiger partial charge < -0.3 is 9.84 Å². The molecule has 0 amide bonds. The van der Waals surface area contributed by atoms with E-state index < -0.39 is 19.8 Å². The van der Waals surface area contributed by atoms with Gasteiger partial charge in [-0.15, -0.1) is 0 Å². The van der Waals surface area contributed by atoms with Gasteiger partial charge in [0.2, 0.25) is 0 Å². The molecule has 0 saturated carbocycles. The highest BCUT2D eigenvalue weighted by molar-refractivity contribution is 6.76. The number of carboxylic acid groups (broad SMARTS) is 1. The standard InChI is InChI=1S/C8H18O3Si/c1-8(2,11-7(9)10)6-12(3,4)5/h6H2,1-5H3,(H,9,10). The molecular weight excluding hydrogens is 172 g/mol. The summed E-state index contributed by atoms with van der Waals surface area (Å²) in [5.41, 5.74) is -0.531. The number of hydrogen-bond acceptors (Lipinski definition) is 2. The van der Waals surface area contributed by atoms with Crippen LogP contribution in [0.1, 0.15) is 13.8 Å². The van der Waals surface area contributed by atoms with Crippen LogP contribution in [0.4, 0.5) is 4.79 Å². The van der Waals surface area contributed by atoms with E-state index in [2.05, 4.69) is 19.6 Å². The van der Waals surface area contributed by atoms with Crippen molar-refractivity contribution in [3.8, 4) is 0 Å². The van der Waals surface area contributed by atoms with Crippen LogP contribution >= 0.6 is 0 Å². The molecular formula is C8H18O3Si. The van der Waals surface area contributed by atoms with Gasteiger partial charge in [-0.1, -0.05) is 19.6 Å². The van der Waals surface area contributed by atoms with E-state index in [1.807, 2.05) is 13.8 Å². The molecule has 0 bridgehead atoms. The van der Waals surface area contributed by atoms with E-state index in [0.717, 1.165) is 6.04 Å². The highest BCUT2D eigenvalue weighted by Gasteiger charge is 2.29. The molecule has 0 radical (unpaired) electrons. The van der Waals surface area contributed by atoms with Crippen LogP contribution in [0.3, 0.4) is 0 Å². The average molecular weight is 190 g/mol. The van der Waals surface area contributed by atoms with Crippen LogP contribution in [0.25, 0.3) is 0 Å². The van der Waals surface area contributed by atoms with Gasteiger partial charge in [0.15, 0.2) is 0 Å². The average Bonchev–Trinajstić information content (AvgIpc) is 1.48. The lowest BCUT2D eigenvalue weighted by Gasteiger charge is -2.29. The third-order valence-corrected chi connectivity index (χ3v) is 3.23. The maximum atomic E-state index is 10.3. The Morgan fingerprint density at radius 2 is 1.83 bits per heavy atom. The summed E-state index contributed by atoms with van der Waals surface area (Å²) in [6.07, 6.45) is -1.18. The number of carbonyl (C=O) groups is 1. The Morgan fingerprint density at radius 3 is 2.08 bits per heavy atom. The lowest BCUT2D eigenvalue weighted by molar-refractivity contribution is 0.0143. The normalized spacial score (nSPS) is 12.8. The quantitative estimate of drug-likeness (QED) is 0.550. The third kappa shape index (κ3) is 6.21. The second kappa shape index (κ2) is 3.47. The fourth-order valence-corrected chi connectivity index (χ4v) is 4.18. The van der Waals surface area contributed by atoms with Crippen molar-refractivity contribution in [3.63, 3.8) is 0 Å². The van der Waals surface area contributed by atoms with E-state index in [4.69, 9.17) is 9.84 Å². The molecule has 0 fully saturated rings. The third-order valence-electron chi connectivity index (χ3n) is 1.32. The summed E-state index contributed by atoms with van der Waals surface area (Å²) in [7, 11) is -1.25. The van der Waals surface area contributed by atoms with Crippen molar-refractivity contribution < 1.29 is 14.6 Å². The first-order valence-corrected chi connectivity index (χ1v) is 7.75. The first-order valence-electron chi connectivity index (χ1n) is 4.04. The molecule has 0 aromatic heterocycles. The molecule has 0 atom stereocenters. The molecule has 0 aliphatic heterocycles. The molecule has 0 aliphatic rings. The van der Waals surface area contributed by atoms with Crippen molar-refractivity contribution in [2.75, 3.05) is 0 Å². The monoisotopic (exact) mass is 190 g/mol. The van der Waals surface area contributed by atoms with Crippen LogP contribution in [0.2, 0.25) is 25.7 Å². The van der Waals surface area contributed by atoms with E-state index >= 15 is 0 Å². The Hall–Kier alpha value is -0.513. The first-order chi connectivity index (χ1) is 5.12. The van der Waals surface area contributed by atoms with Crippen LogP contribution in [-0.2, 0) is 4.74 Å². The van der Waals surface area contributed by atoms with Crippen LogP contribution in [0.15, 0.2) is 0 Å². The fraction of sp³-hybridized carbons (Fsp3) is 0.875. The van der Waals surface area contributed by atoms with Crippen LogP contribution in [0, 0.1) is 0 Å². The summed E-state index contributed by atoms with van der Waals surface area (Å²) in [5, 5.41) is 8.44. The summed E-state index contributed by atoms with van der Waals surface area (Å²) < 4.78 is 4.77. The number of ether oxygens (including phenoxy) is 1. The highest BCUT2D eigenvalue weighted by Crippen LogP contribution is 2.23. The Morgan fingerprint density at radius 1 is 1.42 bits per heavy atom. The zero-order chi connectivity index (χ0) is 9.99. The van der Waals surface area contributed by atoms with Crippen molar-refractivity contribution in [2.45, 2.75) is 45.1 Å². The predicted octanol–water partition coefficient (Wildman–Crippen LogP) is 2.80. The molecule has 0 rings (SSSR count). The summed E-state index contributed by atoms with van der Waals surface area (Å²) >= 11 is 0. The summed E-state index contributed by atoms with van der Waals surface area (Å²) in [4.78, 5) is 10.3. The summed E-state index contributed by atoms with van der Waals surface area (Å²) in [6.45, 7) is 10.2. The van der Waals surface area contributed by atoms with E-state index in [1.165, 1.54) is 0 Å². The maximum absolute atomic E-state index is 10.3. The van der Waals surface area contributed by atoms with Gasteiger partial charge in [-0.05, 0) is 19.9 Å². The summed E-state index contributed by atoms with van der Waals surface area (Å²) in [5.74, 6) is 0. The molecule has 0 spiro atoms. The van der Waals surface area contributed by atoms with Gasteiger partial charge in [0, 0.05) is 8.07 Å². The number of rotatable bonds is 3. The molecule has 0 aromatic rings. The van der Waals surface area contributed by atoms with Gasteiger partial charge in [-0.2, -0.15) is 0 Å². The van der Waals surface area contributed by atoms with Crippen molar-refractivity contribution in [2.24, 2.45) is 0 Å². The van der Waals surface area contributed by atoms with Crippen LogP contribution in [-0.4, -0.2) is 24.9 Å². The lowest BCUT2D eigenvalue weighted by Crippen LogP contribution is -2.36. The second-order valence-corrected chi connectivity index (χ2v) is 10.3. The molecule has 0 heterocycles. The van der Waals surface area contributed by atoms with Gasteiger partial charge in [0.25, 0.3) is 0 Å². The van der Waals surface area contributed by atoms with Gasteiger partial charge in [-0.25, -0.2) is 4.79 Å². The molecule has 0 unspecified atom stereocenters. The van der Waals surface area contributed by atoms with E-state index in [0.29, 0.717) is 0 Å². The van der Waals surface area contributed by atoms with E-state index in [9.17, 15) is 4.79 Å². The maximum Gasteiger partial charge on any atom is 0.506 e. The SMILES string of the molecule is CC(C)(C[Si](C)(C)C)OC(=O)O. The predicted molar refractivity (Wildman–Crippen MR) is 51.3 cm³/mol. The lowest BCUT2D eigenvalue weighted by atomic mass is 10.2. The Kier molecular flexibility index (Phi) is 3.32. The fourth-order valence-electron chi connectivity index (χ4n) is 1.55. The van der Waals surface area contributed by atoms with Gasteiger partial charge in [0.1, 0.15) is 5.60 Å². The first kappa shape index (κ1) is 11.5. The van der Waals surface area contributed by atoms with E-state index in [1.54, 1.807) is 0 Å². The second-order valence-electron chi connectivity index (χ2n) is 4.87. The van der Waals surface area contributed by atoms with Crippen molar-refractivity contribution in [3.05, 3.63) is 0 Å². The molecule has 0 aromatic carbocycles.